The van der Waals surface area contributed by atoms with E-state index in [2.05, 4.69) is 23.2 Å². The summed E-state index contributed by atoms with van der Waals surface area (Å²) in [7, 11) is 0. The van der Waals surface area contributed by atoms with Gasteiger partial charge in [-0.25, -0.2) is 4.98 Å². The number of aryl methyl sites for hydroxylation is 1. The molecule has 2 aromatic rings. The van der Waals surface area contributed by atoms with Gasteiger partial charge in [0.05, 0.1) is 21.8 Å². The van der Waals surface area contributed by atoms with Gasteiger partial charge in [-0.15, -0.1) is 11.3 Å². The van der Waals surface area contributed by atoms with Crippen LogP contribution in [-0.2, 0) is 16.0 Å². The summed E-state index contributed by atoms with van der Waals surface area (Å²) in [6.07, 6.45) is 0.222. The zero-order valence-corrected chi connectivity index (χ0v) is 11.3. The number of carbonyl (C=O) groups is 1. The maximum atomic E-state index is 10.8. The minimum Gasteiger partial charge on any atom is -0.368 e. The van der Waals surface area contributed by atoms with Crippen molar-refractivity contribution in [1.29, 1.82) is 0 Å². The van der Waals surface area contributed by atoms with E-state index in [1.54, 1.807) is 18.3 Å². The summed E-state index contributed by atoms with van der Waals surface area (Å²) in [6, 6.07) is 6.21. The first-order valence-electron chi connectivity index (χ1n) is 5.83. The van der Waals surface area contributed by atoms with Crippen LogP contribution in [0.15, 0.2) is 18.2 Å². The molecule has 2 rings (SSSR count). The third kappa shape index (κ3) is 3.05. The molecule has 18 heavy (non-hydrogen) atoms. The smallest absolute Gasteiger partial charge is 0.246 e. The topological polar surface area (TPSA) is 65.2 Å². The molecule has 0 saturated heterocycles. The first-order chi connectivity index (χ1) is 8.56. The average molecular weight is 264 g/mol. The maximum Gasteiger partial charge on any atom is 0.246 e. The predicted octanol–water partition coefficient (Wildman–Crippen LogP) is 2.04. The molecule has 0 aliphatic rings. The standard InChI is InChI=1S/C13H16N2O2S/c1-8(13(14)16)17-6-5-10-3-4-12-11(7-10)15-9(2)18-12/h3-4,7-8H,5-6H2,1-2H3,(H2,14,16). The molecule has 96 valence electrons. The third-order valence-corrected chi connectivity index (χ3v) is 3.67. The second-order valence-corrected chi connectivity index (χ2v) is 5.44. The number of rotatable bonds is 5. The molecular formula is C13H16N2O2S. The van der Waals surface area contributed by atoms with E-state index in [0.29, 0.717) is 6.61 Å². The van der Waals surface area contributed by atoms with E-state index in [1.807, 2.05) is 6.92 Å². The first-order valence-corrected chi connectivity index (χ1v) is 6.65. The molecule has 1 heterocycles. The van der Waals surface area contributed by atoms with E-state index in [-0.39, 0.29) is 0 Å². The van der Waals surface area contributed by atoms with Crippen LogP contribution in [0, 0.1) is 6.92 Å². The Balaban J connectivity index is 1.97. The number of thiazole rings is 1. The summed E-state index contributed by atoms with van der Waals surface area (Å²) < 4.78 is 6.53. The lowest BCUT2D eigenvalue weighted by Gasteiger charge is -2.08. The van der Waals surface area contributed by atoms with Gasteiger partial charge in [-0.05, 0) is 38.0 Å². The van der Waals surface area contributed by atoms with Gasteiger partial charge >= 0.3 is 0 Å². The quantitative estimate of drug-likeness (QED) is 0.898. The van der Waals surface area contributed by atoms with Crippen molar-refractivity contribution in [1.82, 2.24) is 4.98 Å². The van der Waals surface area contributed by atoms with Crippen LogP contribution in [0.3, 0.4) is 0 Å². The number of amides is 1. The zero-order chi connectivity index (χ0) is 13.1. The third-order valence-electron chi connectivity index (χ3n) is 2.72. The highest BCUT2D eigenvalue weighted by Crippen LogP contribution is 2.22. The van der Waals surface area contributed by atoms with Crippen molar-refractivity contribution >= 4 is 27.5 Å². The molecule has 1 aromatic heterocycles. The van der Waals surface area contributed by atoms with Crippen LogP contribution >= 0.6 is 11.3 Å². The van der Waals surface area contributed by atoms with E-state index in [0.717, 1.165) is 22.5 Å². The maximum absolute atomic E-state index is 10.8. The van der Waals surface area contributed by atoms with E-state index < -0.39 is 12.0 Å². The molecule has 0 radical (unpaired) electrons. The van der Waals surface area contributed by atoms with Gasteiger partial charge < -0.3 is 10.5 Å². The number of hydrogen-bond acceptors (Lipinski definition) is 4. The van der Waals surface area contributed by atoms with Crippen molar-refractivity contribution in [3.63, 3.8) is 0 Å². The van der Waals surface area contributed by atoms with E-state index >= 15 is 0 Å². The Labute approximate surface area is 110 Å². The largest absolute Gasteiger partial charge is 0.368 e. The highest BCUT2D eigenvalue weighted by atomic mass is 32.1. The van der Waals surface area contributed by atoms with Crippen LogP contribution in [0.1, 0.15) is 17.5 Å². The Kier molecular flexibility index (Phi) is 3.93. The fourth-order valence-electron chi connectivity index (χ4n) is 1.68. The number of hydrogen-bond donors (Lipinski definition) is 1. The van der Waals surface area contributed by atoms with Gasteiger partial charge in [0.15, 0.2) is 0 Å². The van der Waals surface area contributed by atoms with Gasteiger partial charge in [-0.1, -0.05) is 6.07 Å². The number of ether oxygens (including phenoxy) is 1. The lowest BCUT2D eigenvalue weighted by atomic mass is 10.1. The molecule has 1 atom stereocenters. The molecule has 0 bridgehead atoms. The second kappa shape index (κ2) is 5.46. The van der Waals surface area contributed by atoms with Gasteiger partial charge in [0, 0.05) is 0 Å². The van der Waals surface area contributed by atoms with Gasteiger partial charge in [0.1, 0.15) is 6.10 Å². The minimum absolute atomic E-state index is 0.430. The van der Waals surface area contributed by atoms with Gasteiger partial charge in [-0.2, -0.15) is 0 Å². The zero-order valence-electron chi connectivity index (χ0n) is 10.5. The van der Waals surface area contributed by atoms with Crippen molar-refractivity contribution in [2.75, 3.05) is 6.61 Å². The minimum atomic E-state index is -0.532. The van der Waals surface area contributed by atoms with Crippen molar-refractivity contribution in [3.05, 3.63) is 28.8 Å². The van der Waals surface area contributed by atoms with Crippen molar-refractivity contribution in [3.8, 4) is 0 Å². The van der Waals surface area contributed by atoms with Crippen LogP contribution in [0.4, 0.5) is 0 Å². The summed E-state index contributed by atoms with van der Waals surface area (Å²) in [6.45, 7) is 4.15. The monoisotopic (exact) mass is 264 g/mol. The molecule has 1 aromatic carbocycles. The fraction of sp³-hybridized carbons (Fsp3) is 0.385. The van der Waals surface area contributed by atoms with Crippen molar-refractivity contribution < 1.29 is 9.53 Å². The van der Waals surface area contributed by atoms with Crippen LogP contribution in [0.5, 0.6) is 0 Å². The summed E-state index contributed by atoms with van der Waals surface area (Å²) in [5.74, 6) is -0.430. The van der Waals surface area contributed by atoms with Crippen LogP contribution in [-0.4, -0.2) is 23.6 Å². The molecular weight excluding hydrogens is 248 g/mol. The number of benzene rings is 1. The number of aromatic nitrogens is 1. The summed E-state index contributed by atoms with van der Waals surface area (Å²) >= 11 is 1.69. The highest BCUT2D eigenvalue weighted by molar-refractivity contribution is 7.18. The average Bonchev–Trinajstić information content (AvgIpc) is 2.68. The van der Waals surface area contributed by atoms with E-state index in [4.69, 9.17) is 10.5 Å². The number of fused-ring (bicyclic) bond motifs is 1. The Hall–Kier alpha value is -1.46. The molecule has 0 aliphatic heterocycles. The lowest BCUT2D eigenvalue weighted by molar-refractivity contribution is -0.128. The molecule has 0 spiro atoms. The molecule has 0 saturated carbocycles. The van der Waals surface area contributed by atoms with Crippen LogP contribution < -0.4 is 5.73 Å². The number of primary amides is 1. The number of nitrogens with zero attached hydrogens (tertiary/aromatic N) is 1. The Morgan fingerprint density at radius 1 is 1.56 bits per heavy atom. The molecule has 4 nitrogen and oxygen atoms in total. The molecule has 0 aliphatic carbocycles. The Morgan fingerprint density at radius 3 is 3.06 bits per heavy atom. The van der Waals surface area contributed by atoms with E-state index in [1.165, 1.54) is 4.70 Å². The normalized spacial score (nSPS) is 12.8. The first kappa shape index (κ1) is 13.0. The van der Waals surface area contributed by atoms with Gasteiger partial charge in [-0.3, -0.25) is 4.79 Å². The summed E-state index contributed by atoms with van der Waals surface area (Å²) in [5, 5.41) is 1.07. The molecule has 2 N–H and O–H groups in total. The second-order valence-electron chi connectivity index (χ2n) is 4.20. The predicted molar refractivity (Wildman–Crippen MR) is 72.7 cm³/mol. The SMILES string of the molecule is Cc1nc2cc(CCOC(C)C(N)=O)ccc2s1. The van der Waals surface area contributed by atoms with Gasteiger partial charge in [0.25, 0.3) is 0 Å². The fourth-order valence-corrected chi connectivity index (χ4v) is 2.49. The molecule has 1 unspecified atom stereocenters. The Morgan fingerprint density at radius 2 is 2.33 bits per heavy atom. The number of nitrogens with two attached hydrogens (primary N) is 1. The molecule has 0 fully saturated rings. The summed E-state index contributed by atoms with van der Waals surface area (Å²) in [4.78, 5) is 15.3. The summed E-state index contributed by atoms with van der Waals surface area (Å²) in [5.41, 5.74) is 7.30. The van der Waals surface area contributed by atoms with Crippen LogP contribution in [0.25, 0.3) is 10.2 Å². The van der Waals surface area contributed by atoms with Crippen LogP contribution in [0.2, 0.25) is 0 Å². The molecule has 5 heteroatoms. The van der Waals surface area contributed by atoms with Crippen molar-refractivity contribution in [2.45, 2.75) is 26.4 Å². The number of carbonyl (C=O) groups excluding carboxylic acids is 1. The van der Waals surface area contributed by atoms with Gasteiger partial charge in [0.2, 0.25) is 5.91 Å². The molecule has 1 amide bonds. The lowest BCUT2D eigenvalue weighted by Crippen LogP contribution is -2.28. The van der Waals surface area contributed by atoms with E-state index in [9.17, 15) is 4.79 Å². The highest BCUT2D eigenvalue weighted by Gasteiger charge is 2.08. The Bertz CT molecular complexity index is 565. The van der Waals surface area contributed by atoms with Crippen molar-refractivity contribution in [2.24, 2.45) is 5.73 Å².